The first kappa shape index (κ1) is 22.6. The number of aliphatic hydroxyl groups excluding tert-OH is 2. The van der Waals surface area contributed by atoms with E-state index in [1.807, 2.05) is 11.9 Å². The molecule has 6 N–H and O–H groups in total. The predicted octanol–water partition coefficient (Wildman–Crippen LogP) is -1.54. The molecule has 0 radical (unpaired) electrons. The highest BCUT2D eigenvalue weighted by Crippen LogP contribution is 2.44. The summed E-state index contributed by atoms with van der Waals surface area (Å²) in [4.78, 5) is 25.6. The first-order valence-electron chi connectivity index (χ1n) is 8.91. The van der Waals surface area contributed by atoms with Gasteiger partial charge in [0, 0.05) is 11.8 Å². The topological polar surface area (TPSA) is 168 Å². The van der Waals surface area contributed by atoms with Gasteiger partial charge in [0.1, 0.15) is 12.2 Å². The fourth-order valence-electron chi connectivity index (χ4n) is 3.16. The lowest BCUT2D eigenvalue weighted by Crippen LogP contribution is -2.69. The van der Waals surface area contributed by atoms with E-state index in [-0.39, 0.29) is 17.0 Å². The van der Waals surface area contributed by atoms with Gasteiger partial charge in [0.05, 0.1) is 6.61 Å². The summed E-state index contributed by atoms with van der Waals surface area (Å²) in [5, 5.41) is 51.6. The first-order valence-corrected chi connectivity index (χ1v) is 8.91. The van der Waals surface area contributed by atoms with Gasteiger partial charge in [-0.25, -0.2) is 13.8 Å². The van der Waals surface area contributed by atoms with Crippen LogP contribution in [0.3, 0.4) is 0 Å². The molecule has 0 amide bonds. The lowest BCUT2D eigenvalue weighted by atomic mass is 10.00. The predicted molar refractivity (Wildman–Crippen MR) is 91.8 cm³/mol. The van der Waals surface area contributed by atoms with Crippen molar-refractivity contribution in [1.82, 2.24) is 14.6 Å². The van der Waals surface area contributed by atoms with Crippen molar-refractivity contribution in [2.24, 2.45) is 0 Å². The molecule has 0 aromatic carbocycles. The fourth-order valence-corrected chi connectivity index (χ4v) is 3.16. The van der Waals surface area contributed by atoms with Gasteiger partial charge in [-0.1, -0.05) is 19.8 Å². The van der Waals surface area contributed by atoms with Crippen molar-refractivity contribution in [2.45, 2.75) is 69.7 Å². The molecule has 1 unspecified atom stereocenters. The molecule has 2 heterocycles. The molecule has 1 fully saturated rings. The van der Waals surface area contributed by atoms with Crippen LogP contribution in [0.2, 0.25) is 0 Å². The number of ether oxygens (including phenoxy) is 1. The van der Waals surface area contributed by atoms with Gasteiger partial charge in [-0.2, -0.15) is 0 Å². The Morgan fingerprint density at radius 1 is 1.39 bits per heavy atom. The van der Waals surface area contributed by atoms with E-state index in [2.05, 4.69) is 0 Å². The quantitative estimate of drug-likeness (QED) is 0.129. The summed E-state index contributed by atoms with van der Waals surface area (Å²) in [6.07, 6.45) is -3.83. The highest BCUT2D eigenvalue weighted by atomic mass is 19.1. The van der Waals surface area contributed by atoms with Crippen LogP contribution in [0, 0.1) is 6.92 Å². The van der Waals surface area contributed by atoms with E-state index >= 15 is 0 Å². The van der Waals surface area contributed by atoms with Crippen LogP contribution in [-0.4, -0.2) is 71.1 Å². The fraction of sp³-hybridized carbons (Fsp3) is 0.750. The van der Waals surface area contributed by atoms with Crippen LogP contribution in [0.1, 0.15) is 38.2 Å². The van der Waals surface area contributed by atoms with Crippen LogP contribution >= 0.6 is 0 Å². The number of hydroxylamine groups is 2. The second-order valence-electron chi connectivity index (χ2n) is 6.83. The third-order valence-corrected chi connectivity index (χ3v) is 4.85. The maximum absolute atomic E-state index is 14.6. The van der Waals surface area contributed by atoms with Crippen LogP contribution in [0.5, 0.6) is 0 Å². The van der Waals surface area contributed by atoms with E-state index in [0.29, 0.717) is 17.4 Å². The Balaban J connectivity index is 2.55. The molecule has 1 aliphatic rings. The number of halogens is 1. The molecule has 1 aliphatic heterocycles. The lowest BCUT2D eigenvalue weighted by molar-refractivity contribution is -0.428. The van der Waals surface area contributed by atoms with Crippen LogP contribution in [0.25, 0.3) is 0 Å². The number of nitrogens with zero attached hydrogens (tertiary/aromatic N) is 2. The molecule has 0 saturated carbocycles. The number of aromatic nitrogens is 2. The third kappa shape index (κ3) is 3.52. The Labute approximate surface area is 159 Å². The molecule has 160 valence electrons. The Kier molecular flexibility index (Phi) is 6.76. The summed E-state index contributed by atoms with van der Waals surface area (Å²) in [5.74, 6) is -3.23. The highest BCUT2D eigenvalue weighted by Gasteiger charge is 2.71. The van der Waals surface area contributed by atoms with Crippen molar-refractivity contribution >= 4 is 0 Å². The standard InChI is InChI=1S/C16H26FN3O8/c1-3-4-5-6-11(17)20(27)15(25)12(22)10(8-21)28-16(15,26)19-7-9(2)13(23)18-14(19)24/h7,10-12,21-22,25-27H,3-6,8H2,1-2H3,(H,18,23,24)/t10-,11?,12-,15-,16+/m1/s1. The number of nitrogens with one attached hydrogen (secondary N) is 1. The van der Waals surface area contributed by atoms with Gasteiger partial charge in [-0.05, 0) is 19.8 Å². The van der Waals surface area contributed by atoms with Gasteiger partial charge < -0.3 is 30.4 Å². The normalized spacial score (nSPS) is 31.5. The number of H-pyrrole nitrogens is 1. The molecule has 2 rings (SSSR count). The van der Waals surface area contributed by atoms with Gasteiger partial charge >= 0.3 is 11.6 Å². The number of aromatic amines is 1. The van der Waals surface area contributed by atoms with Crippen molar-refractivity contribution in [1.29, 1.82) is 0 Å². The number of aryl methyl sites for hydroxylation is 1. The maximum Gasteiger partial charge on any atom is 0.332 e. The number of aliphatic hydroxyl groups is 4. The summed E-state index contributed by atoms with van der Waals surface area (Å²) in [5.41, 5.74) is -5.39. The number of alkyl halides is 1. The summed E-state index contributed by atoms with van der Waals surface area (Å²) in [7, 11) is 0. The number of hydrogen-bond acceptors (Lipinski definition) is 9. The Morgan fingerprint density at radius 3 is 2.61 bits per heavy atom. The van der Waals surface area contributed by atoms with Gasteiger partial charge in [-0.3, -0.25) is 9.78 Å². The minimum absolute atomic E-state index is 0.0786. The van der Waals surface area contributed by atoms with Crippen molar-refractivity contribution in [3.8, 4) is 0 Å². The van der Waals surface area contributed by atoms with E-state index in [1.54, 1.807) is 0 Å². The first-order chi connectivity index (χ1) is 13.0. The van der Waals surface area contributed by atoms with Gasteiger partial charge in [0.25, 0.3) is 5.56 Å². The van der Waals surface area contributed by atoms with Crippen molar-refractivity contribution in [2.75, 3.05) is 6.61 Å². The second-order valence-corrected chi connectivity index (χ2v) is 6.83. The Bertz CT molecular complexity index is 801. The van der Waals surface area contributed by atoms with E-state index in [0.717, 1.165) is 12.6 Å². The van der Waals surface area contributed by atoms with Crippen molar-refractivity contribution < 1.29 is 34.8 Å². The van der Waals surface area contributed by atoms with Crippen LogP contribution < -0.4 is 11.2 Å². The second kappa shape index (κ2) is 8.37. The number of hydrogen-bond donors (Lipinski definition) is 6. The van der Waals surface area contributed by atoms with Gasteiger partial charge in [0.15, 0.2) is 6.30 Å². The molecule has 5 atom stereocenters. The van der Waals surface area contributed by atoms with E-state index in [4.69, 9.17) is 4.74 Å². The Morgan fingerprint density at radius 2 is 2.04 bits per heavy atom. The molecule has 1 aromatic heterocycles. The molecule has 28 heavy (non-hydrogen) atoms. The summed E-state index contributed by atoms with van der Waals surface area (Å²) in [6, 6.07) is 0. The van der Waals surface area contributed by atoms with Crippen LogP contribution in [-0.2, 0) is 10.6 Å². The molecule has 1 aromatic rings. The zero-order valence-electron chi connectivity index (χ0n) is 15.6. The molecule has 1 saturated heterocycles. The molecule has 0 spiro atoms. The third-order valence-electron chi connectivity index (χ3n) is 4.85. The SMILES string of the molecule is CCCCCC(F)N(O)[C@@]1(O)[C@H](O)[C@@H](CO)O[C@]1(O)n1cc(C)c(=O)[nH]c1=O. The molecule has 12 heteroatoms. The maximum atomic E-state index is 14.6. The molecule has 11 nitrogen and oxygen atoms in total. The minimum atomic E-state index is -3.28. The monoisotopic (exact) mass is 407 g/mol. The van der Waals surface area contributed by atoms with Crippen LogP contribution in [0.15, 0.2) is 15.8 Å². The number of unbranched alkanes of at least 4 members (excludes halogenated alkanes) is 2. The average molecular weight is 407 g/mol. The average Bonchev–Trinajstić information content (AvgIpc) is 2.86. The highest BCUT2D eigenvalue weighted by molar-refractivity contribution is 5.09. The largest absolute Gasteiger partial charge is 0.394 e. The summed E-state index contributed by atoms with van der Waals surface area (Å²) in [6.45, 7) is 2.23. The van der Waals surface area contributed by atoms with E-state index in [1.165, 1.54) is 6.92 Å². The molecular weight excluding hydrogens is 381 g/mol. The summed E-state index contributed by atoms with van der Waals surface area (Å²) < 4.78 is 19.9. The smallest absolute Gasteiger partial charge is 0.332 e. The zero-order valence-corrected chi connectivity index (χ0v) is 15.6. The number of rotatable bonds is 8. The molecular formula is C16H26FN3O8. The van der Waals surface area contributed by atoms with E-state index in [9.17, 15) is 39.6 Å². The van der Waals surface area contributed by atoms with Crippen molar-refractivity contribution in [3.63, 3.8) is 0 Å². The Hall–Kier alpha value is -1.67. The summed E-state index contributed by atoms with van der Waals surface area (Å²) >= 11 is 0. The van der Waals surface area contributed by atoms with E-state index < -0.39 is 48.0 Å². The van der Waals surface area contributed by atoms with Crippen LogP contribution in [0.4, 0.5) is 4.39 Å². The zero-order chi connectivity index (χ0) is 21.3. The van der Waals surface area contributed by atoms with Gasteiger partial charge in [0.2, 0.25) is 5.72 Å². The van der Waals surface area contributed by atoms with Crippen molar-refractivity contribution in [3.05, 3.63) is 32.6 Å². The lowest BCUT2D eigenvalue weighted by Gasteiger charge is -2.43. The molecule has 0 aliphatic carbocycles. The van der Waals surface area contributed by atoms with Gasteiger partial charge in [-0.15, -0.1) is 5.06 Å². The minimum Gasteiger partial charge on any atom is -0.394 e. The molecule has 0 bridgehead atoms.